The number of methoxy groups -OCH3 is 2. The predicted octanol–water partition coefficient (Wildman–Crippen LogP) is 4.78. The molecule has 0 saturated carbocycles. The summed E-state index contributed by atoms with van der Waals surface area (Å²) in [5, 5.41) is 11.5. The number of benzene rings is 2. The number of carbonyl (C=O) groups is 2. The fourth-order valence-electron chi connectivity index (χ4n) is 4.23. The van der Waals surface area contributed by atoms with Gasteiger partial charge in [0.15, 0.2) is 5.13 Å². The molecule has 2 aromatic heterocycles. The van der Waals surface area contributed by atoms with Crippen molar-refractivity contribution >= 4 is 44.1 Å². The van der Waals surface area contributed by atoms with Gasteiger partial charge in [-0.05, 0) is 55.0 Å². The van der Waals surface area contributed by atoms with Gasteiger partial charge in [-0.3, -0.25) is 19.5 Å². The summed E-state index contributed by atoms with van der Waals surface area (Å²) in [5.41, 5.74) is 1.53. The molecule has 1 aliphatic heterocycles. The van der Waals surface area contributed by atoms with Crippen molar-refractivity contribution in [2.45, 2.75) is 13.0 Å². The first-order valence-corrected chi connectivity index (χ1v) is 11.7. The van der Waals surface area contributed by atoms with Crippen LogP contribution in [0.3, 0.4) is 0 Å². The van der Waals surface area contributed by atoms with Crippen molar-refractivity contribution in [1.82, 2.24) is 9.97 Å². The van der Waals surface area contributed by atoms with Gasteiger partial charge in [-0.2, -0.15) is 0 Å². The number of halogens is 1. The fraction of sp³-hybridized carbons (Fsp3) is 0.154. The van der Waals surface area contributed by atoms with E-state index in [1.165, 1.54) is 41.7 Å². The summed E-state index contributed by atoms with van der Waals surface area (Å²) in [5.74, 6) is -2.23. The first-order valence-electron chi connectivity index (χ1n) is 10.8. The number of hydrogen-bond acceptors (Lipinski definition) is 8. The van der Waals surface area contributed by atoms with Crippen LogP contribution in [0.2, 0.25) is 0 Å². The van der Waals surface area contributed by atoms with Gasteiger partial charge in [0.2, 0.25) is 0 Å². The van der Waals surface area contributed by atoms with E-state index in [0.29, 0.717) is 17.0 Å². The highest BCUT2D eigenvalue weighted by Crippen LogP contribution is 2.45. The Kier molecular flexibility index (Phi) is 5.89. The second-order valence-electron chi connectivity index (χ2n) is 8.05. The third-order valence-electron chi connectivity index (χ3n) is 5.93. The van der Waals surface area contributed by atoms with E-state index in [4.69, 9.17) is 9.47 Å². The van der Waals surface area contributed by atoms with Crippen LogP contribution in [0.5, 0.6) is 11.5 Å². The number of ether oxygens (including phenoxy) is 2. The Hall–Kier alpha value is -4.31. The maximum Gasteiger partial charge on any atom is 0.301 e. The third kappa shape index (κ3) is 3.75. The molecule has 3 heterocycles. The zero-order valence-corrected chi connectivity index (χ0v) is 20.3. The summed E-state index contributed by atoms with van der Waals surface area (Å²) < 4.78 is 25.5. The predicted molar refractivity (Wildman–Crippen MR) is 133 cm³/mol. The Balaban J connectivity index is 1.74. The molecule has 1 saturated heterocycles. The van der Waals surface area contributed by atoms with Gasteiger partial charge >= 0.3 is 5.91 Å². The standard InChI is InChI=1S/C26H20FN3O5S/c1-13-10-17-20(12-19(13)35-3)36-26(29-17)30-22(16-6-4-5-9-28-16)21(24(32)25(30)33)23(31)15-11-14(27)7-8-18(15)34-2/h4-12,22,31H,1-3H3/b23-21+. The molecule has 1 unspecified atom stereocenters. The van der Waals surface area contributed by atoms with Gasteiger partial charge in [0.1, 0.15) is 29.1 Å². The van der Waals surface area contributed by atoms with Gasteiger partial charge in [0.05, 0.1) is 41.3 Å². The molecule has 2 aromatic carbocycles. The molecule has 1 amide bonds. The zero-order chi connectivity index (χ0) is 25.6. The highest BCUT2D eigenvalue weighted by molar-refractivity contribution is 7.22. The van der Waals surface area contributed by atoms with E-state index in [1.54, 1.807) is 25.3 Å². The molecule has 1 atom stereocenters. The molecule has 36 heavy (non-hydrogen) atoms. The third-order valence-corrected chi connectivity index (χ3v) is 6.95. The van der Waals surface area contributed by atoms with Gasteiger partial charge in [0.25, 0.3) is 5.78 Å². The summed E-state index contributed by atoms with van der Waals surface area (Å²) in [6, 6.07) is 11.1. The first kappa shape index (κ1) is 23.4. The SMILES string of the molecule is COc1cc2sc(N3C(=O)C(=O)/C(=C(/O)c4cc(F)ccc4OC)C3c3ccccn3)nc2cc1C. The molecule has 4 aromatic rings. The van der Waals surface area contributed by atoms with Crippen LogP contribution in [0.1, 0.15) is 22.9 Å². The van der Waals surface area contributed by atoms with E-state index in [2.05, 4.69) is 9.97 Å². The van der Waals surface area contributed by atoms with E-state index >= 15 is 0 Å². The molecule has 8 nitrogen and oxygen atoms in total. The first-order chi connectivity index (χ1) is 17.3. The van der Waals surface area contributed by atoms with E-state index in [1.807, 2.05) is 19.1 Å². The highest BCUT2D eigenvalue weighted by Gasteiger charge is 2.49. The number of Topliss-reactive ketones (excluding diaryl/α,β-unsaturated/α-hetero) is 1. The summed E-state index contributed by atoms with van der Waals surface area (Å²) in [7, 11) is 2.92. The number of ketones is 1. The van der Waals surface area contributed by atoms with Crippen LogP contribution in [0.4, 0.5) is 9.52 Å². The Morgan fingerprint density at radius 3 is 2.56 bits per heavy atom. The number of amides is 1. The second-order valence-corrected chi connectivity index (χ2v) is 9.06. The van der Waals surface area contributed by atoms with Crippen molar-refractivity contribution in [3.05, 3.63) is 82.9 Å². The lowest BCUT2D eigenvalue weighted by atomic mass is 9.98. The number of aryl methyl sites for hydroxylation is 1. The molecule has 182 valence electrons. The van der Waals surface area contributed by atoms with Crippen molar-refractivity contribution in [2.75, 3.05) is 19.1 Å². The summed E-state index contributed by atoms with van der Waals surface area (Å²) in [6.07, 6.45) is 1.52. The number of aromatic nitrogens is 2. The summed E-state index contributed by atoms with van der Waals surface area (Å²) in [4.78, 5) is 36.9. The summed E-state index contributed by atoms with van der Waals surface area (Å²) in [6.45, 7) is 1.88. The minimum absolute atomic E-state index is 0.0545. The number of aliphatic hydroxyl groups excluding tert-OH is 1. The number of pyridine rings is 1. The van der Waals surface area contributed by atoms with E-state index in [0.717, 1.165) is 16.3 Å². The normalized spacial score (nSPS) is 17.1. The van der Waals surface area contributed by atoms with Gasteiger partial charge in [0, 0.05) is 6.20 Å². The average Bonchev–Trinajstić information content (AvgIpc) is 3.40. The van der Waals surface area contributed by atoms with Crippen LogP contribution in [0, 0.1) is 12.7 Å². The quantitative estimate of drug-likeness (QED) is 0.237. The van der Waals surface area contributed by atoms with E-state index in [-0.39, 0.29) is 22.0 Å². The van der Waals surface area contributed by atoms with Crippen LogP contribution in [-0.4, -0.2) is 41.0 Å². The molecule has 5 rings (SSSR count). The lowest BCUT2D eigenvalue weighted by Gasteiger charge is -2.22. The van der Waals surface area contributed by atoms with Crippen LogP contribution in [0.15, 0.2) is 60.3 Å². The van der Waals surface area contributed by atoms with Crippen LogP contribution >= 0.6 is 11.3 Å². The average molecular weight is 506 g/mol. The molecule has 0 radical (unpaired) electrons. The van der Waals surface area contributed by atoms with Crippen LogP contribution < -0.4 is 14.4 Å². The van der Waals surface area contributed by atoms with Crippen molar-refractivity contribution in [2.24, 2.45) is 0 Å². The van der Waals surface area contributed by atoms with Crippen molar-refractivity contribution in [1.29, 1.82) is 0 Å². The number of carbonyl (C=O) groups excluding carboxylic acids is 2. The number of thiazole rings is 1. The van der Waals surface area contributed by atoms with Gasteiger partial charge < -0.3 is 14.6 Å². The number of aliphatic hydroxyl groups is 1. The van der Waals surface area contributed by atoms with Gasteiger partial charge in [-0.25, -0.2) is 9.37 Å². The molecule has 10 heteroatoms. The molecule has 1 N–H and O–H groups in total. The molecular weight excluding hydrogens is 485 g/mol. The van der Waals surface area contributed by atoms with Crippen LogP contribution in [-0.2, 0) is 9.59 Å². The van der Waals surface area contributed by atoms with Crippen molar-refractivity contribution < 1.29 is 28.6 Å². The van der Waals surface area contributed by atoms with Gasteiger partial charge in [-0.15, -0.1) is 0 Å². The topological polar surface area (TPSA) is 102 Å². The molecule has 1 fully saturated rings. The molecule has 0 aliphatic carbocycles. The molecular formula is C26H20FN3O5S. The second kappa shape index (κ2) is 9.04. The number of hydrogen-bond donors (Lipinski definition) is 1. The van der Waals surface area contributed by atoms with E-state index in [9.17, 15) is 19.1 Å². The Morgan fingerprint density at radius 1 is 1.08 bits per heavy atom. The highest BCUT2D eigenvalue weighted by atomic mass is 32.1. The van der Waals surface area contributed by atoms with Crippen molar-refractivity contribution in [3.63, 3.8) is 0 Å². The maximum absolute atomic E-state index is 14.1. The lowest BCUT2D eigenvalue weighted by molar-refractivity contribution is -0.132. The maximum atomic E-state index is 14.1. The van der Waals surface area contributed by atoms with Gasteiger partial charge in [-0.1, -0.05) is 17.4 Å². The monoisotopic (exact) mass is 505 g/mol. The molecule has 0 bridgehead atoms. The minimum Gasteiger partial charge on any atom is -0.507 e. The minimum atomic E-state index is -1.09. The Labute approximate surface area is 209 Å². The van der Waals surface area contributed by atoms with E-state index < -0.39 is 29.3 Å². The molecule has 0 spiro atoms. The Morgan fingerprint density at radius 2 is 1.86 bits per heavy atom. The smallest absolute Gasteiger partial charge is 0.301 e. The number of anilines is 1. The Bertz CT molecular complexity index is 1550. The largest absolute Gasteiger partial charge is 0.507 e. The van der Waals surface area contributed by atoms with Crippen molar-refractivity contribution in [3.8, 4) is 11.5 Å². The summed E-state index contributed by atoms with van der Waals surface area (Å²) >= 11 is 1.20. The fourth-order valence-corrected chi connectivity index (χ4v) is 5.23. The number of nitrogens with zero attached hydrogens (tertiary/aromatic N) is 3. The van der Waals surface area contributed by atoms with Crippen LogP contribution in [0.25, 0.3) is 16.0 Å². The number of rotatable bonds is 5. The lowest BCUT2D eigenvalue weighted by Crippen LogP contribution is -2.29. The zero-order valence-electron chi connectivity index (χ0n) is 19.5. The number of fused-ring (bicyclic) bond motifs is 1. The molecule has 1 aliphatic rings.